The van der Waals surface area contributed by atoms with Crippen molar-refractivity contribution < 1.29 is 24.5 Å². The predicted molar refractivity (Wildman–Crippen MR) is 81.1 cm³/mol. The van der Waals surface area contributed by atoms with Gasteiger partial charge in [-0.2, -0.15) is 0 Å². The van der Waals surface area contributed by atoms with Crippen LogP contribution in [0.4, 0.5) is 17.1 Å². The summed E-state index contributed by atoms with van der Waals surface area (Å²) in [4.78, 5) is 42.8. The summed E-state index contributed by atoms with van der Waals surface area (Å²) in [6.07, 6.45) is 0. The standard InChI is InChI=1S/C14H9N3O7/c18-13(15-10-3-1-8(2-4-10)14(19)20)9-5-11(16(21)22)7-12(6-9)17(23)24/h1-7H,(H,15,18)(H,19,20). The molecule has 0 bridgehead atoms. The number of nitrogens with one attached hydrogen (secondary N) is 1. The van der Waals surface area contributed by atoms with E-state index in [1.807, 2.05) is 0 Å². The van der Waals surface area contributed by atoms with Crippen molar-refractivity contribution >= 4 is 28.9 Å². The molecule has 0 aliphatic carbocycles. The Hall–Kier alpha value is -3.82. The Morgan fingerprint density at radius 1 is 0.875 bits per heavy atom. The predicted octanol–water partition coefficient (Wildman–Crippen LogP) is 2.45. The summed E-state index contributed by atoms with van der Waals surface area (Å²) in [6, 6.07) is 7.74. The van der Waals surface area contributed by atoms with E-state index < -0.39 is 33.1 Å². The molecule has 0 heterocycles. The van der Waals surface area contributed by atoms with Gasteiger partial charge in [0.1, 0.15) is 0 Å². The number of nitro groups is 2. The summed E-state index contributed by atoms with van der Waals surface area (Å²) in [5.41, 5.74) is -1.19. The second-order valence-electron chi connectivity index (χ2n) is 4.59. The van der Waals surface area contributed by atoms with Crippen molar-refractivity contribution in [2.75, 3.05) is 5.32 Å². The number of hydrogen-bond acceptors (Lipinski definition) is 6. The van der Waals surface area contributed by atoms with Gasteiger partial charge in [0.2, 0.25) is 0 Å². The van der Waals surface area contributed by atoms with Crippen molar-refractivity contribution in [3.8, 4) is 0 Å². The van der Waals surface area contributed by atoms with Crippen LogP contribution in [0.2, 0.25) is 0 Å². The normalized spacial score (nSPS) is 10.0. The molecule has 0 fully saturated rings. The van der Waals surface area contributed by atoms with Gasteiger partial charge in [-0.15, -0.1) is 0 Å². The lowest BCUT2D eigenvalue weighted by molar-refractivity contribution is -0.394. The van der Waals surface area contributed by atoms with Crippen LogP contribution in [0.5, 0.6) is 0 Å². The van der Waals surface area contributed by atoms with E-state index in [4.69, 9.17) is 5.11 Å². The molecule has 0 atom stereocenters. The van der Waals surface area contributed by atoms with Gasteiger partial charge in [-0.25, -0.2) is 4.79 Å². The zero-order valence-electron chi connectivity index (χ0n) is 11.8. The Balaban J connectivity index is 2.30. The van der Waals surface area contributed by atoms with Gasteiger partial charge in [0.25, 0.3) is 17.3 Å². The third kappa shape index (κ3) is 3.68. The fraction of sp³-hybridized carbons (Fsp3) is 0. The fourth-order valence-corrected chi connectivity index (χ4v) is 1.84. The molecule has 0 aliphatic rings. The van der Waals surface area contributed by atoms with Crippen LogP contribution in [0.3, 0.4) is 0 Å². The van der Waals surface area contributed by atoms with Gasteiger partial charge in [0, 0.05) is 17.8 Å². The fourth-order valence-electron chi connectivity index (χ4n) is 1.84. The molecule has 0 aliphatic heterocycles. The highest BCUT2D eigenvalue weighted by Crippen LogP contribution is 2.23. The average molecular weight is 331 g/mol. The summed E-state index contributed by atoms with van der Waals surface area (Å²) < 4.78 is 0. The highest BCUT2D eigenvalue weighted by atomic mass is 16.6. The molecule has 0 saturated carbocycles. The van der Waals surface area contributed by atoms with Crippen molar-refractivity contribution in [1.82, 2.24) is 0 Å². The van der Waals surface area contributed by atoms with Crippen LogP contribution in [-0.2, 0) is 0 Å². The zero-order chi connectivity index (χ0) is 17.9. The van der Waals surface area contributed by atoms with Crippen LogP contribution < -0.4 is 5.32 Å². The number of nitrogens with zero attached hydrogens (tertiary/aromatic N) is 2. The van der Waals surface area contributed by atoms with Gasteiger partial charge in [-0.1, -0.05) is 0 Å². The first-order valence-corrected chi connectivity index (χ1v) is 6.36. The molecule has 2 aromatic carbocycles. The molecule has 0 saturated heterocycles. The van der Waals surface area contributed by atoms with E-state index in [0.29, 0.717) is 0 Å². The topological polar surface area (TPSA) is 153 Å². The molecular formula is C14H9N3O7. The molecule has 0 aromatic heterocycles. The molecular weight excluding hydrogens is 322 g/mol. The van der Waals surface area contributed by atoms with Crippen LogP contribution in [0.1, 0.15) is 20.7 Å². The van der Waals surface area contributed by atoms with Gasteiger partial charge >= 0.3 is 5.97 Å². The van der Waals surface area contributed by atoms with Crippen molar-refractivity contribution in [1.29, 1.82) is 0 Å². The highest BCUT2D eigenvalue weighted by molar-refractivity contribution is 6.05. The maximum absolute atomic E-state index is 12.1. The number of carbonyl (C=O) groups excluding carboxylic acids is 1. The van der Waals surface area contributed by atoms with Crippen LogP contribution in [0.25, 0.3) is 0 Å². The largest absolute Gasteiger partial charge is 0.478 e. The molecule has 10 heteroatoms. The smallest absolute Gasteiger partial charge is 0.335 e. The number of non-ortho nitro benzene ring substituents is 2. The van der Waals surface area contributed by atoms with E-state index in [1.165, 1.54) is 24.3 Å². The molecule has 2 rings (SSSR count). The van der Waals surface area contributed by atoms with E-state index in [0.717, 1.165) is 18.2 Å². The summed E-state index contributed by atoms with van der Waals surface area (Å²) in [5, 5.41) is 32.8. The van der Waals surface area contributed by atoms with Crippen molar-refractivity contribution in [3.63, 3.8) is 0 Å². The van der Waals surface area contributed by atoms with Crippen LogP contribution in [-0.4, -0.2) is 26.8 Å². The van der Waals surface area contributed by atoms with Crippen molar-refractivity contribution in [2.24, 2.45) is 0 Å². The molecule has 1 amide bonds. The molecule has 0 spiro atoms. The van der Waals surface area contributed by atoms with Gasteiger partial charge in [0.05, 0.1) is 27.0 Å². The van der Waals surface area contributed by atoms with Gasteiger partial charge in [-0.3, -0.25) is 25.0 Å². The Bertz CT molecular complexity index is 814. The monoisotopic (exact) mass is 331 g/mol. The molecule has 24 heavy (non-hydrogen) atoms. The third-order valence-corrected chi connectivity index (χ3v) is 2.98. The Morgan fingerprint density at radius 2 is 1.38 bits per heavy atom. The second-order valence-corrected chi connectivity index (χ2v) is 4.59. The number of hydrogen-bond donors (Lipinski definition) is 2. The minimum atomic E-state index is -1.14. The number of rotatable bonds is 5. The number of anilines is 1. The van der Waals surface area contributed by atoms with Gasteiger partial charge in [0.15, 0.2) is 0 Å². The Labute approximate surface area is 133 Å². The Kier molecular flexibility index (Phi) is 4.50. The van der Waals surface area contributed by atoms with E-state index in [1.54, 1.807) is 0 Å². The van der Waals surface area contributed by atoms with E-state index >= 15 is 0 Å². The number of benzene rings is 2. The molecule has 122 valence electrons. The molecule has 2 aromatic rings. The van der Waals surface area contributed by atoms with Crippen LogP contribution in [0, 0.1) is 20.2 Å². The number of carbonyl (C=O) groups is 2. The number of carboxylic acid groups (broad SMARTS) is 1. The number of carboxylic acids is 1. The lowest BCUT2D eigenvalue weighted by atomic mass is 10.1. The minimum absolute atomic E-state index is 0.0129. The molecule has 0 unspecified atom stereocenters. The summed E-state index contributed by atoms with van der Waals surface area (Å²) in [7, 11) is 0. The van der Waals surface area contributed by atoms with Gasteiger partial charge < -0.3 is 10.4 Å². The number of aromatic carboxylic acids is 1. The molecule has 2 N–H and O–H groups in total. The quantitative estimate of drug-likeness (QED) is 0.630. The lowest BCUT2D eigenvalue weighted by Crippen LogP contribution is -2.12. The first-order chi connectivity index (χ1) is 11.3. The molecule has 10 nitrogen and oxygen atoms in total. The summed E-state index contributed by atoms with van der Waals surface area (Å²) >= 11 is 0. The summed E-state index contributed by atoms with van der Waals surface area (Å²) in [6.45, 7) is 0. The van der Waals surface area contributed by atoms with E-state index in [9.17, 15) is 29.8 Å². The van der Waals surface area contributed by atoms with Crippen molar-refractivity contribution in [3.05, 3.63) is 73.8 Å². The number of amides is 1. The molecule has 0 radical (unpaired) electrons. The zero-order valence-corrected chi connectivity index (χ0v) is 11.8. The van der Waals surface area contributed by atoms with Gasteiger partial charge in [-0.05, 0) is 24.3 Å². The highest BCUT2D eigenvalue weighted by Gasteiger charge is 2.20. The maximum Gasteiger partial charge on any atom is 0.335 e. The van der Waals surface area contributed by atoms with Crippen LogP contribution in [0.15, 0.2) is 42.5 Å². The first kappa shape index (κ1) is 16.5. The summed E-state index contributed by atoms with van der Waals surface area (Å²) in [5.74, 6) is -1.94. The number of nitro benzene ring substituents is 2. The average Bonchev–Trinajstić information content (AvgIpc) is 2.54. The Morgan fingerprint density at radius 3 is 1.79 bits per heavy atom. The third-order valence-electron chi connectivity index (χ3n) is 2.98. The van der Waals surface area contributed by atoms with E-state index in [-0.39, 0.29) is 16.8 Å². The minimum Gasteiger partial charge on any atom is -0.478 e. The first-order valence-electron chi connectivity index (χ1n) is 6.36. The second kappa shape index (κ2) is 6.52. The SMILES string of the molecule is O=C(O)c1ccc(NC(=O)c2cc([N+](=O)[O-])cc([N+](=O)[O-])c2)cc1. The maximum atomic E-state index is 12.1. The van der Waals surface area contributed by atoms with Crippen molar-refractivity contribution in [2.45, 2.75) is 0 Å². The van der Waals surface area contributed by atoms with E-state index in [2.05, 4.69) is 5.32 Å². The van der Waals surface area contributed by atoms with Crippen LogP contribution >= 0.6 is 0 Å². The lowest BCUT2D eigenvalue weighted by Gasteiger charge is -2.06.